The summed E-state index contributed by atoms with van der Waals surface area (Å²) in [5, 5.41) is 13.5. The van der Waals surface area contributed by atoms with Crippen LogP contribution in [0.3, 0.4) is 0 Å². The molecule has 0 atom stereocenters. The van der Waals surface area contributed by atoms with Crippen molar-refractivity contribution in [3.63, 3.8) is 0 Å². The van der Waals surface area contributed by atoms with Gasteiger partial charge in [-0.15, -0.1) is 0 Å². The van der Waals surface area contributed by atoms with Crippen LogP contribution in [-0.2, 0) is 7.05 Å². The number of phenolic OH excluding ortho intramolecular Hbond substituents is 1. The summed E-state index contributed by atoms with van der Waals surface area (Å²) in [7, 11) is 1.84. The second-order valence-corrected chi connectivity index (χ2v) is 4.39. The highest BCUT2D eigenvalue weighted by Crippen LogP contribution is 2.29. The number of benzene rings is 1. The van der Waals surface area contributed by atoms with Gasteiger partial charge in [-0.05, 0) is 18.2 Å². The molecule has 0 aliphatic heterocycles. The molecule has 1 aromatic carbocycles. The van der Waals surface area contributed by atoms with Crippen molar-refractivity contribution in [1.29, 1.82) is 0 Å². The SMILES string of the molecule is Cn1cncc1-c1noc(-c2ccc(O)c(Cl)c2)n1. The third-order valence-corrected chi connectivity index (χ3v) is 2.97. The summed E-state index contributed by atoms with van der Waals surface area (Å²) in [4.78, 5) is 8.27. The second kappa shape index (κ2) is 4.40. The minimum atomic E-state index is 0.0109. The number of aryl methyl sites for hydroxylation is 1. The van der Waals surface area contributed by atoms with Gasteiger partial charge in [0.05, 0.1) is 17.5 Å². The van der Waals surface area contributed by atoms with E-state index in [2.05, 4.69) is 15.1 Å². The Morgan fingerprint density at radius 2 is 2.21 bits per heavy atom. The molecule has 0 aliphatic rings. The van der Waals surface area contributed by atoms with Gasteiger partial charge in [0, 0.05) is 12.6 Å². The van der Waals surface area contributed by atoms with Gasteiger partial charge in [0.2, 0.25) is 5.82 Å². The van der Waals surface area contributed by atoms with Crippen LogP contribution in [0.2, 0.25) is 5.02 Å². The molecular weight excluding hydrogens is 268 g/mol. The fourth-order valence-corrected chi connectivity index (χ4v) is 1.84. The van der Waals surface area contributed by atoms with Crippen molar-refractivity contribution in [3.8, 4) is 28.7 Å². The van der Waals surface area contributed by atoms with E-state index in [1.807, 2.05) is 7.05 Å². The average molecular weight is 277 g/mol. The van der Waals surface area contributed by atoms with Gasteiger partial charge in [-0.3, -0.25) is 0 Å². The summed E-state index contributed by atoms with van der Waals surface area (Å²) in [5.74, 6) is 0.786. The molecule has 7 heteroatoms. The minimum Gasteiger partial charge on any atom is -0.506 e. The lowest BCUT2D eigenvalue weighted by atomic mass is 10.2. The van der Waals surface area contributed by atoms with E-state index < -0.39 is 0 Å². The molecule has 19 heavy (non-hydrogen) atoms. The maximum absolute atomic E-state index is 9.37. The van der Waals surface area contributed by atoms with E-state index in [1.165, 1.54) is 6.07 Å². The molecule has 2 aromatic heterocycles. The number of aromatic nitrogens is 4. The highest BCUT2D eigenvalue weighted by Gasteiger charge is 2.13. The lowest BCUT2D eigenvalue weighted by Crippen LogP contribution is -1.90. The van der Waals surface area contributed by atoms with Crippen LogP contribution in [0.15, 0.2) is 35.2 Å². The molecule has 3 aromatic rings. The van der Waals surface area contributed by atoms with Gasteiger partial charge >= 0.3 is 0 Å². The number of imidazole rings is 1. The van der Waals surface area contributed by atoms with Gasteiger partial charge in [0.1, 0.15) is 11.4 Å². The van der Waals surface area contributed by atoms with Crippen LogP contribution in [0.4, 0.5) is 0 Å². The van der Waals surface area contributed by atoms with Crippen molar-refractivity contribution in [2.75, 3.05) is 0 Å². The smallest absolute Gasteiger partial charge is 0.258 e. The number of hydrogen-bond acceptors (Lipinski definition) is 5. The Labute approximate surface area is 113 Å². The van der Waals surface area contributed by atoms with Crippen molar-refractivity contribution in [3.05, 3.63) is 35.7 Å². The molecule has 3 rings (SSSR count). The molecule has 0 saturated heterocycles. The molecule has 0 radical (unpaired) electrons. The van der Waals surface area contributed by atoms with Crippen LogP contribution < -0.4 is 0 Å². The van der Waals surface area contributed by atoms with E-state index >= 15 is 0 Å². The predicted octanol–water partition coefficient (Wildman–Crippen LogP) is 2.50. The molecule has 0 fully saturated rings. The molecule has 0 bridgehead atoms. The predicted molar refractivity (Wildman–Crippen MR) is 68.6 cm³/mol. The zero-order valence-corrected chi connectivity index (χ0v) is 10.7. The first-order chi connectivity index (χ1) is 9.15. The molecule has 1 N–H and O–H groups in total. The Balaban J connectivity index is 2.01. The summed E-state index contributed by atoms with van der Waals surface area (Å²) in [5.41, 5.74) is 1.39. The first-order valence-electron chi connectivity index (χ1n) is 5.44. The third kappa shape index (κ3) is 2.06. The average Bonchev–Trinajstić information content (AvgIpc) is 3.01. The molecule has 0 aliphatic carbocycles. The number of aromatic hydroxyl groups is 1. The Bertz CT molecular complexity index is 735. The van der Waals surface area contributed by atoms with Gasteiger partial charge in [0.15, 0.2) is 0 Å². The number of hydrogen-bond donors (Lipinski definition) is 1. The molecule has 0 spiro atoms. The Morgan fingerprint density at radius 1 is 1.37 bits per heavy atom. The van der Waals surface area contributed by atoms with Gasteiger partial charge < -0.3 is 14.2 Å². The highest BCUT2D eigenvalue weighted by molar-refractivity contribution is 6.32. The largest absolute Gasteiger partial charge is 0.506 e. The van der Waals surface area contributed by atoms with E-state index in [0.717, 1.165) is 5.69 Å². The van der Waals surface area contributed by atoms with Gasteiger partial charge in [-0.2, -0.15) is 4.98 Å². The van der Waals surface area contributed by atoms with Crippen molar-refractivity contribution in [2.45, 2.75) is 0 Å². The van der Waals surface area contributed by atoms with Crippen LogP contribution in [0, 0.1) is 0 Å². The van der Waals surface area contributed by atoms with E-state index in [9.17, 15) is 5.11 Å². The van der Waals surface area contributed by atoms with Crippen LogP contribution in [-0.4, -0.2) is 24.8 Å². The van der Waals surface area contributed by atoms with E-state index in [1.54, 1.807) is 29.2 Å². The summed E-state index contributed by atoms with van der Waals surface area (Å²) in [6.07, 6.45) is 3.31. The molecule has 2 heterocycles. The maximum Gasteiger partial charge on any atom is 0.258 e. The quantitative estimate of drug-likeness (QED) is 0.778. The van der Waals surface area contributed by atoms with Crippen molar-refractivity contribution >= 4 is 11.6 Å². The number of halogens is 1. The third-order valence-electron chi connectivity index (χ3n) is 2.67. The fraction of sp³-hybridized carbons (Fsp3) is 0.0833. The first kappa shape index (κ1) is 11.7. The summed E-state index contributed by atoms with van der Waals surface area (Å²) < 4.78 is 6.97. The standard InChI is InChI=1S/C12H9ClN4O2/c1-17-6-14-5-9(17)11-15-12(19-16-11)7-2-3-10(18)8(13)4-7/h2-6,18H,1H3. The van der Waals surface area contributed by atoms with Crippen LogP contribution in [0.25, 0.3) is 23.0 Å². The Kier molecular flexibility index (Phi) is 2.72. The van der Waals surface area contributed by atoms with Crippen LogP contribution in [0.1, 0.15) is 0 Å². The minimum absolute atomic E-state index is 0.0109. The molecular formula is C12H9ClN4O2. The van der Waals surface area contributed by atoms with Gasteiger partial charge in [-0.1, -0.05) is 16.8 Å². The van der Waals surface area contributed by atoms with Gasteiger partial charge in [0.25, 0.3) is 5.89 Å². The van der Waals surface area contributed by atoms with E-state index in [4.69, 9.17) is 16.1 Å². The summed E-state index contributed by atoms with van der Waals surface area (Å²) in [6.45, 7) is 0. The monoisotopic (exact) mass is 276 g/mol. The molecule has 0 amide bonds. The van der Waals surface area contributed by atoms with Crippen LogP contribution in [0.5, 0.6) is 5.75 Å². The molecule has 96 valence electrons. The lowest BCUT2D eigenvalue weighted by Gasteiger charge is -1.97. The second-order valence-electron chi connectivity index (χ2n) is 3.98. The number of rotatable bonds is 2. The maximum atomic E-state index is 9.37. The normalized spacial score (nSPS) is 10.8. The summed E-state index contributed by atoms with van der Waals surface area (Å²) in [6, 6.07) is 4.70. The Morgan fingerprint density at radius 3 is 2.89 bits per heavy atom. The van der Waals surface area contributed by atoms with E-state index in [-0.39, 0.29) is 10.8 Å². The first-order valence-corrected chi connectivity index (χ1v) is 5.82. The summed E-state index contributed by atoms with van der Waals surface area (Å²) >= 11 is 5.84. The van der Waals surface area contributed by atoms with Crippen molar-refractivity contribution < 1.29 is 9.63 Å². The van der Waals surface area contributed by atoms with E-state index in [0.29, 0.717) is 17.3 Å². The van der Waals surface area contributed by atoms with Crippen molar-refractivity contribution in [1.82, 2.24) is 19.7 Å². The molecule has 6 nitrogen and oxygen atoms in total. The Hall–Kier alpha value is -2.34. The molecule has 0 saturated carbocycles. The topological polar surface area (TPSA) is 77.0 Å². The van der Waals surface area contributed by atoms with Crippen molar-refractivity contribution in [2.24, 2.45) is 7.05 Å². The fourth-order valence-electron chi connectivity index (χ4n) is 1.66. The molecule has 0 unspecified atom stereocenters. The number of phenols is 1. The lowest BCUT2D eigenvalue weighted by molar-refractivity contribution is 0.431. The van der Waals surface area contributed by atoms with Gasteiger partial charge in [-0.25, -0.2) is 4.98 Å². The van der Waals surface area contributed by atoms with Crippen LogP contribution >= 0.6 is 11.6 Å². The zero-order chi connectivity index (χ0) is 13.4. The number of nitrogens with zero attached hydrogens (tertiary/aromatic N) is 4. The highest BCUT2D eigenvalue weighted by atomic mass is 35.5. The zero-order valence-electron chi connectivity index (χ0n) is 9.91.